The zero-order valence-electron chi connectivity index (χ0n) is 12.6. The number of carbonyl (C=O) groups is 2. The van der Waals surface area contributed by atoms with Crippen LogP contribution in [0.2, 0.25) is 10.0 Å². The van der Waals surface area contributed by atoms with E-state index in [1.807, 2.05) is 6.07 Å². The number of rotatable bonds is 4. The van der Waals surface area contributed by atoms with Gasteiger partial charge in [-0.3, -0.25) is 4.79 Å². The van der Waals surface area contributed by atoms with Crippen LogP contribution in [-0.2, 0) is 9.53 Å². The van der Waals surface area contributed by atoms with Gasteiger partial charge in [0.1, 0.15) is 0 Å². The van der Waals surface area contributed by atoms with Crippen molar-refractivity contribution < 1.29 is 19.4 Å². The average Bonchev–Trinajstić information content (AvgIpc) is 2.50. The summed E-state index contributed by atoms with van der Waals surface area (Å²) in [5.74, 6) is -0.421. The van der Waals surface area contributed by atoms with E-state index in [1.165, 1.54) is 4.90 Å². The lowest BCUT2D eigenvalue weighted by Crippen LogP contribution is -2.42. The van der Waals surface area contributed by atoms with Crippen molar-refractivity contribution in [2.24, 2.45) is 0 Å². The highest BCUT2D eigenvalue weighted by Crippen LogP contribution is 2.31. The molecular weight excluding hydrogens is 341 g/mol. The first-order valence-electron chi connectivity index (χ1n) is 7.23. The van der Waals surface area contributed by atoms with Gasteiger partial charge < -0.3 is 14.7 Å². The third kappa shape index (κ3) is 4.39. The van der Waals surface area contributed by atoms with Gasteiger partial charge in [0.25, 0.3) is 0 Å². The van der Waals surface area contributed by atoms with Crippen LogP contribution in [0, 0.1) is 0 Å². The van der Waals surface area contributed by atoms with Crippen molar-refractivity contribution in [2.75, 3.05) is 13.2 Å². The molecule has 124 valence electrons. The Bertz CT molecular complexity index is 645. The molecule has 1 unspecified atom stereocenters. The Morgan fingerprint density at radius 2 is 2.09 bits per heavy atom. The molecule has 1 aromatic rings. The normalized spacial score (nSPS) is 17.6. The predicted molar refractivity (Wildman–Crippen MR) is 88.8 cm³/mol. The molecule has 1 aliphatic rings. The molecule has 1 heterocycles. The lowest BCUT2D eigenvalue weighted by Gasteiger charge is -2.32. The average molecular weight is 358 g/mol. The van der Waals surface area contributed by atoms with Crippen molar-refractivity contribution in [2.45, 2.75) is 25.8 Å². The highest BCUT2D eigenvalue weighted by molar-refractivity contribution is 6.42. The molecule has 1 aliphatic heterocycles. The second kappa shape index (κ2) is 7.70. The third-order valence-corrected chi connectivity index (χ3v) is 4.37. The third-order valence-electron chi connectivity index (χ3n) is 3.63. The highest BCUT2D eigenvalue weighted by atomic mass is 35.5. The molecule has 0 radical (unpaired) electrons. The molecule has 23 heavy (non-hydrogen) atoms. The fourth-order valence-corrected chi connectivity index (χ4v) is 2.84. The van der Waals surface area contributed by atoms with Crippen LogP contribution < -0.4 is 0 Å². The van der Waals surface area contributed by atoms with Gasteiger partial charge in [-0.05, 0) is 36.6 Å². The Hall–Kier alpha value is -1.72. The van der Waals surface area contributed by atoms with Gasteiger partial charge in [0, 0.05) is 6.54 Å². The molecule has 5 nitrogen and oxygen atoms in total. The van der Waals surface area contributed by atoms with Gasteiger partial charge in [0.2, 0.25) is 0 Å². The molecule has 1 amide bonds. The Morgan fingerprint density at radius 3 is 2.70 bits per heavy atom. The molecule has 7 heteroatoms. The molecule has 1 N–H and O–H groups in total. The maximum absolute atomic E-state index is 11.7. The van der Waals surface area contributed by atoms with Gasteiger partial charge in [-0.1, -0.05) is 35.3 Å². The van der Waals surface area contributed by atoms with Crippen LogP contribution >= 0.6 is 23.2 Å². The number of amides is 1. The van der Waals surface area contributed by atoms with E-state index in [0.29, 0.717) is 23.0 Å². The number of halogens is 2. The van der Waals surface area contributed by atoms with Crippen LogP contribution in [0.5, 0.6) is 0 Å². The molecule has 0 aliphatic carbocycles. The van der Waals surface area contributed by atoms with Gasteiger partial charge >= 0.3 is 12.1 Å². The van der Waals surface area contributed by atoms with E-state index in [2.05, 4.69) is 0 Å². The first-order chi connectivity index (χ1) is 10.9. The number of hydrogen-bond acceptors (Lipinski definition) is 3. The Balaban J connectivity index is 2.27. The molecule has 0 saturated heterocycles. The largest absolute Gasteiger partial charge is 0.466 e. The molecule has 0 fully saturated rings. The van der Waals surface area contributed by atoms with Crippen LogP contribution in [0.1, 0.15) is 25.3 Å². The Kier molecular flexibility index (Phi) is 5.91. The van der Waals surface area contributed by atoms with Crippen LogP contribution in [0.4, 0.5) is 4.79 Å². The Labute approximate surface area is 144 Å². The lowest BCUT2D eigenvalue weighted by atomic mass is 9.94. The van der Waals surface area contributed by atoms with Gasteiger partial charge in [0.05, 0.1) is 29.1 Å². The van der Waals surface area contributed by atoms with Crippen molar-refractivity contribution in [1.82, 2.24) is 4.90 Å². The van der Waals surface area contributed by atoms with E-state index in [9.17, 15) is 14.7 Å². The number of carboxylic acid groups (broad SMARTS) is 1. The van der Waals surface area contributed by atoms with Crippen LogP contribution in [0.15, 0.2) is 24.3 Å². The zero-order chi connectivity index (χ0) is 17.0. The van der Waals surface area contributed by atoms with Gasteiger partial charge in [0.15, 0.2) is 0 Å². The number of benzene rings is 1. The van der Waals surface area contributed by atoms with E-state index in [1.54, 1.807) is 25.1 Å². The smallest absolute Gasteiger partial charge is 0.407 e. The number of esters is 1. The standard InChI is InChI=1S/C16H17Cl2NO4/c1-2-23-15(20)9-12-7-11(5-6-19(12)16(21)22)10-3-4-13(17)14(18)8-10/h3-4,7-8,12H,2,5-6,9H2,1H3,(H,21,22). The number of ether oxygens (including phenoxy) is 1. The van der Waals surface area contributed by atoms with E-state index < -0.39 is 18.1 Å². The van der Waals surface area contributed by atoms with Gasteiger partial charge in [-0.15, -0.1) is 0 Å². The SMILES string of the molecule is CCOC(=O)CC1C=C(c2ccc(Cl)c(Cl)c2)CCN1C(=O)O. The van der Waals surface area contributed by atoms with E-state index in [4.69, 9.17) is 27.9 Å². The van der Waals surface area contributed by atoms with Gasteiger partial charge in [-0.2, -0.15) is 0 Å². The molecule has 1 aromatic carbocycles. The fraction of sp³-hybridized carbons (Fsp3) is 0.375. The first-order valence-corrected chi connectivity index (χ1v) is 7.99. The quantitative estimate of drug-likeness (QED) is 0.824. The molecule has 0 spiro atoms. The second-order valence-corrected chi connectivity index (χ2v) is 5.94. The number of hydrogen-bond donors (Lipinski definition) is 1. The molecular formula is C16H17Cl2NO4. The van der Waals surface area contributed by atoms with Crippen molar-refractivity contribution in [3.63, 3.8) is 0 Å². The molecule has 0 bridgehead atoms. The molecule has 2 rings (SSSR count). The van der Waals surface area contributed by atoms with Crippen LogP contribution in [0.25, 0.3) is 5.57 Å². The minimum atomic E-state index is -1.05. The number of carbonyl (C=O) groups excluding carboxylic acids is 1. The van der Waals surface area contributed by atoms with Crippen molar-refractivity contribution in [3.05, 3.63) is 39.9 Å². The summed E-state index contributed by atoms with van der Waals surface area (Å²) < 4.78 is 4.92. The minimum absolute atomic E-state index is 0.00897. The van der Waals surface area contributed by atoms with Crippen molar-refractivity contribution in [3.8, 4) is 0 Å². The zero-order valence-corrected chi connectivity index (χ0v) is 14.1. The maximum atomic E-state index is 11.7. The predicted octanol–water partition coefficient (Wildman–Crippen LogP) is 4.08. The van der Waals surface area contributed by atoms with E-state index in [0.717, 1.165) is 11.1 Å². The fourth-order valence-electron chi connectivity index (χ4n) is 2.55. The minimum Gasteiger partial charge on any atom is -0.466 e. The summed E-state index contributed by atoms with van der Waals surface area (Å²) in [4.78, 5) is 24.3. The maximum Gasteiger partial charge on any atom is 0.407 e. The molecule has 1 atom stereocenters. The molecule has 0 aromatic heterocycles. The summed E-state index contributed by atoms with van der Waals surface area (Å²) >= 11 is 12.0. The summed E-state index contributed by atoms with van der Waals surface area (Å²) in [6.45, 7) is 2.29. The summed E-state index contributed by atoms with van der Waals surface area (Å²) in [7, 11) is 0. The summed E-state index contributed by atoms with van der Waals surface area (Å²) in [6.07, 6.45) is 1.27. The van der Waals surface area contributed by atoms with Crippen molar-refractivity contribution >= 4 is 40.8 Å². The molecule has 0 saturated carbocycles. The summed E-state index contributed by atoms with van der Waals surface area (Å²) in [6, 6.07) is 4.72. The Morgan fingerprint density at radius 1 is 1.35 bits per heavy atom. The lowest BCUT2D eigenvalue weighted by molar-refractivity contribution is -0.143. The summed E-state index contributed by atoms with van der Waals surface area (Å²) in [5.41, 5.74) is 1.81. The van der Waals surface area contributed by atoms with Crippen LogP contribution in [-0.4, -0.2) is 41.3 Å². The second-order valence-electron chi connectivity index (χ2n) is 5.12. The van der Waals surface area contributed by atoms with Gasteiger partial charge in [-0.25, -0.2) is 4.79 Å². The van der Waals surface area contributed by atoms with E-state index >= 15 is 0 Å². The van der Waals surface area contributed by atoms with Crippen molar-refractivity contribution in [1.29, 1.82) is 0 Å². The number of nitrogens with zero attached hydrogens (tertiary/aromatic N) is 1. The summed E-state index contributed by atoms with van der Waals surface area (Å²) in [5, 5.41) is 10.2. The van der Waals surface area contributed by atoms with E-state index in [-0.39, 0.29) is 13.0 Å². The monoisotopic (exact) mass is 357 g/mol. The topological polar surface area (TPSA) is 66.8 Å². The van der Waals surface area contributed by atoms with Crippen LogP contribution in [0.3, 0.4) is 0 Å². The highest BCUT2D eigenvalue weighted by Gasteiger charge is 2.28. The first kappa shape index (κ1) is 17.6.